The molecule has 3 N–H and O–H groups in total. The third-order valence-corrected chi connectivity index (χ3v) is 3.51. The Morgan fingerprint density at radius 1 is 1.30 bits per heavy atom. The summed E-state index contributed by atoms with van der Waals surface area (Å²) in [6.07, 6.45) is 5.47. The number of hydrogen-bond donors (Lipinski definition) is 3. The topological polar surface area (TPSA) is 74.5 Å². The fraction of sp³-hybridized carbons (Fsp3) is 0.412. The van der Waals surface area contributed by atoms with Crippen LogP contribution in [0.2, 0.25) is 0 Å². The third-order valence-electron chi connectivity index (χ3n) is 3.51. The molecular weight excluding hydrogens is 290 g/mol. The van der Waals surface area contributed by atoms with E-state index < -0.39 is 5.60 Å². The molecule has 23 heavy (non-hydrogen) atoms. The van der Waals surface area contributed by atoms with E-state index in [-0.39, 0.29) is 6.54 Å². The molecule has 2 aromatic rings. The maximum absolute atomic E-state index is 10.6. The number of rotatable bonds is 7. The molecule has 0 aliphatic heterocycles. The molecule has 0 saturated heterocycles. The van der Waals surface area contributed by atoms with Crippen LogP contribution >= 0.6 is 0 Å². The number of nitrogens with one attached hydrogen (secondary N) is 2. The van der Waals surface area contributed by atoms with Gasteiger partial charge in [0.1, 0.15) is 5.60 Å². The van der Waals surface area contributed by atoms with Crippen molar-refractivity contribution in [2.75, 3.05) is 19.6 Å². The van der Waals surface area contributed by atoms with Crippen molar-refractivity contribution < 1.29 is 5.11 Å². The lowest BCUT2D eigenvalue weighted by molar-refractivity contribution is 0.0672. The van der Waals surface area contributed by atoms with Crippen LogP contribution in [-0.4, -0.2) is 40.3 Å². The van der Waals surface area contributed by atoms with Crippen molar-refractivity contribution >= 4 is 5.96 Å². The lowest BCUT2D eigenvalue weighted by Crippen LogP contribution is -2.40. The zero-order valence-electron chi connectivity index (χ0n) is 13.7. The summed E-state index contributed by atoms with van der Waals surface area (Å²) < 4.78 is 2.00. The minimum Gasteiger partial charge on any atom is -0.384 e. The summed E-state index contributed by atoms with van der Waals surface area (Å²) >= 11 is 0. The smallest absolute Gasteiger partial charge is 0.191 e. The third kappa shape index (κ3) is 5.41. The van der Waals surface area contributed by atoms with Gasteiger partial charge in [-0.25, -0.2) is 9.98 Å². The number of nitrogens with zero attached hydrogens (tertiary/aromatic N) is 3. The van der Waals surface area contributed by atoms with Gasteiger partial charge in [-0.15, -0.1) is 0 Å². The summed E-state index contributed by atoms with van der Waals surface area (Å²) in [6, 6.07) is 9.60. The normalized spacial score (nSPS) is 14.3. The van der Waals surface area contributed by atoms with Gasteiger partial charge in [0, 0.05) is 32.0 Å². The number of aliphatic imine (C=N–C) groups is 1. The number of benzene rings is 1. The van der Waals surface area contributed by atoms with Crippen molar-refractivity contribution in [3.05, 3.63) is 54.6 Å². The van der Waals surface area contributed by atoms with Gasteiger partial charge in [-0.2, -0.15) is 0 Å². The van der Waals surface area contributed by atoms with Crippen LogP contribution in [0, 0.1) is 0 Å². The molecule has 1 unspecified atom stereocenters. The minimum absolute atomic E-state index is 0.289. The molecule has 124 valence electrons. The van der Waals surface area contributed by atoms with E-state index in [9.17, 15) is 5.11 Å². The average molecular weight is 315 g/mol. The minimum atomic E-state index is -0.992. The van der Waals surface area contributed by atoms with Crippen molar-refractivity contribution in [3.8, 4) is 0 Å². The SMILES string of the molecule is CCNC(=NCC(C)(O)c1ccccc1)NCCn1ccnc1. The quantitative estimate of drug-likeness (QED) is 0.532. The first-order valence-corrected chi connectivity index (χ1v) is 7.87. The number of aliphatic hydroxyl groups is 1. The highest BCUT2D eigenvalue weighted by molar-refractivity contribution is 5.79. The number of hydrogen-bond acceptors (Lipinski definition) is 3. The standard InChI is InChI=1S/C17H25N5O/c1-3-19-16(20-10-12-22-11-9-18-14-22)21-13-17(2,23)15-7-5-4-6-8-15/h4-9,11,14,23H,3,10,12-13H2,1-2H3,(H2,19,20,21). The van der Waals surface area contributed by atoms with Crippen LogP contribution in [0.15, 0.2) is 54.0 Å². The van der Waals surface area contributed by atoms with Gasteiger partial charge in [-0.1, -0.05) is 30.3 Å². The van der Waals surface area contributed by atoms with Gasteiger partial charge in [0.05, 0.1) is 12.9 Å². The number of imidazole rings is 1. The molecule has 0 saturated carbocycles. The first-order valence-electron chi connectivity index (χ1n) is 7.87. The molecule has 0 bridgehead atoms. The first-order chi connectivity index (χ1) is 11.1. The van der Waals surface area contributed by atoms with E-state index >= 15 is 0 Å². The highest BCUT2D eigenvalue weighted by atomic mass is 16.3. The summed E-state index contributed by atoms with van der Waals surface area (Å²) in [7, 11) is 0. The Hall–Kier alpha value is -2.34. The zero-order chi connectivity index (χ0) is 16.5. The molecule has 6 heteroatoms. The molecule has 1 aromatic carbocycles. The molecule has 1 aromatic heterocycles. The number of guanidine groups is 1. The van der Waals surface area contributed by atoms with E-state index in [1.54, 1.807) is 19.4 Å². The molecule has 0 radical (unpaired) electrons. The van der Waals surface area contributed by atoms with Gasteiger partial charge >= 0.3 is 0 Å². The Morgan fingerprint density at radius 2 is 2.09 bits per heavy atom. The predicted molar refractivity (Wildman–Crippen MR) is 92.2 cm³/mol. The summed E-state index contributed by atoms with van der Waals surface area (Å²) in [5.74, 6) is 0.698. The molecule has 6 nitrogen and oxygen atoms in total. The average Bonchev–Trinajstić information content (AvgIpc) is 3.07. The summed E-state index contributed by atoms with van der Waals surface area (Å²) in [6.45, 7) is 6.39. The molecule has 1 atom stereocenters. The van der Waals surface area contributed by atoms with Crippen molar-refractivity contribution in [3.63, 3.8) is 0 Å². The van der Waals surface area contributed by atoms with E-state index in [2.05, 4.69) is 20.6 Å². The van der Waals surface area contributed by atoms with Gasteiger partial charge in [-0.3, -0.25) is 0 Å². The van der Waals surface area contributed by atoms with Crippen LogP contribution in [-0.2, 0) is 12.1 Å². The van der Waals surface area contributed by atoms with Crippen LogP contribution in [0.3, 0.4) is 0 Å². The lowest BCUT2D eigenvalue weighted by atomic mass is 9.96. The molecule has 0 aliphatic carbocycles. The van der Waals surface area contributed by atoms with Crippen molar-refractivity contribution in [2.24, 2.45) is 4.99 Å². The van der Waals surface area contributed by atoms with Crippen molar-refractivity contribution in [1.29, 1.82) is 0 Å². The second-order valence-corrected chi connectivity index (χ2v) is 5.56. The second kappa shape index (κ2) is 8.33. The van der Waals surface area contributed by atoms with Gasteiger partial charge in [0.15, 0.2) is 5.96 Å². The summed E-state index contributed by atoms with van der Waals surface area (Å²) in [4.78, 5) is 8.51. The molecule has 0 aliphatic rings. The number of aromatic nitrogens is 2. The van der Waals surface area contributed by atoms with Gasteiger partial charge < -0.3 is 20.3 Å². The molecule has 1 heterocycles. The summed E-state index contributed by atoms with van der Waals surface area (Å²) in [5, 5.41) is 17.1. The zero-order valence-corrected chi connectivity index (χ0v) is 13.7. The van der Waals surface area contributed by atoms with E-state index in [4.69, 9.17) is 0 Å². The van der Waals surface area contributed by atoms with Gasteiger partial charge in [0.2, 0.25) is 0 Å². The maximum Gasteiger partial charge on any atom is 0.191 e. The maximum atomic E-state index is 10.6. The Labute approximate surface area is 137 Å². The predicted octanol–water partition coefficient (Wildman–Crippen LogP) is 1.35. The Balaban J connectivity index is 1.92. The van der Waals surface area contributed by atoms with E-state index in [0.717, 1.165) is 25.2 Å². The highest BCUT2D eigenvalue weighted by Gasteiger charge is 2.22. The Morgan fingerprint density at radius 3 is 2.74 bits per heavy atom. The van der Waals surface area contributed by atoms with Crippen LogP contribution in [0.5, 0.6) is 0 Å². The van der Waals surface area contributed by atoms with E-state index in [1.165, 1.54) is 0 Å². The van der Waals surface area contributed by atoms with Crippen LogP contribution in [0.25, 0.3) is 0 Å². The Bertz CT molecular complexity index is 593. The molecule has 0 spiro atoms. The lowest BCUT2D eigenvalue weighted by Gasteiger charge is -2.22. The highest BCUT2D eigenvalue weighted by Crippen LogP contribution is 2.20. The molecule has 0 amide bonds. The van der Waals surface area contributed by atoms with E-state index in [0.29, 0.717) is 5.96 Å². The molecular formula is C17H25N5O. The van der Waals surface area contributed by atoms with Crippen molar-refractivity contribution in [1.82, 2.24) is 20.2 Å². The fourth-order valence-electron chi connectivity index (χ4n) is 2.19. The first kappa shape index (κ1) is 17.0. The van der Waals surface area contributed by atoms with Crippen LogP contribution < -0.4 is 10.6 Å². The van der Waals surface area contributed by atoms with Gasteiger partial charge in [-0.05, 0) is 19.4 Å². The molecule has 0 fully saturated rings. The van der Waals surface area contributed by atoms with Crippen LogP contribution in [0.4, 0.5) is 0 Å². The van der Waals surface area contributed by atoms with Crippen LogP contribution in [0.1, 0.15) is 19.4 Å². The largest absolute Gasteiger partial charge is 0.384 e. The monoisotopic (exact) mass is 315 g/mol. The fourth-order valence-corrected chi connectivity index (χ4v) is 2.19. The van der Waals surface area contributed by atoms with Gasteiger partial charge in [0.25, 0.3) is 0 Å². The second-order valence-electron chi connectivity index (χ2n) is 5.56. The Kier molecular flexibility index (Phi) is 6.17. The summed E-state index contributed by atoms with van der Waals surface area (Å²) in [5.41, 5.74) is -0.133. The molecule has 2 rings (SSSR count). The van der Waals surface area contributed by atoms with Crippen molar-refractivity contribution in [2.45, 2.75) is 26.0 Å². The van der Waals surface area contributed by atoms with E-state index in [1.807, 2.05) is 48.0 Å².